The van der Waals surface area contributed by atoms with E-state index in [1.807, 2.05) is 0 Å². The van der Waals surface area contributed by atoms with E-state index in [-0.39, 0.29) is 6.42 Å². The predicted octanol–water partition coefficient (Wildman–Crippen LogP) is 8.76. The summed E-state index contributed by atoms with van der Waals surface area (Å²) >= 11 is 0. The van der Waals surface area contributed by atoms with Gasteiger partial charge in [0.05, 0.1) is 15.9 Å². The number of alkyl halides is 6. The monoisotopic (exact) mass is 583 g/mol. The summed E-state index contributed by atoms with van der Waals surface area (Å²) in [5.74, 6) is -4.81. The first-order valence-electron chi connectivity index (χ1n) is 13.9. The van der Waals surface area contributed by atoms with Gasteiger partial charge in [0.2, 0.25) is 0 Å². The second kappa shape index (κ2) is 19.1. The van der Waals surface area contributed by atoms with E-state index in [1.165, 1.54) is 77.0 Å². The Morgan fingerprint density at radius 2 is 0.895 bits per heavy atom. The van der Waals surface area contributed by atoms with Gasteiger partial charge in [0.1, 0.15) is 0 Å². The van der Waals surface area contributed by atoms with Crippen molar-refractivity contribution >= 4 is 16.1 Å². The molecule has 12 heteroatoms. The van der Waals surface area contributed by atoms with E-state index >= 15 is 0 Å². The minimum absolute atomic E-state index is 0.00646. The van der Waals surface area contributed by atoms with E-state index in [4.69, 9.17) is 0 Å². The maximum atomic E-state index is 13.1. The second-order valence-corrected chi connectivity index (χ2v) is 11.5. The van der Waals surface area contributed by atoms with Crippen molar-refractivity contribution in [2.45, 2.75) is 153 Å². The van der Waals surface area contributed by atoms with Gasteiger partial charge in [0.25, 0.3) is 0 Å². The fourth-order valence-corrected chi connectivity index (χ4v) is 5.20. The van der Waals surface area contributed by atoms with E-state index in [1.54, 1.807) is 0 Å². The summed E-state index contributed by atoms with van der Waals surface area (Å²) in [5.41, 5.74) is -5.38. The van der Waals surface area contributed by atoms with Crippen molar-refractivity contribution in [3.63, 3.8) is 0 Å². The van der Waals surface area contributed by atoms with Crippen LogP contribution >= 0.6 is 0 Å². The number of unbranched alkanes of at least 4 members (excludes halogenated alkanes) is 18. The van der Waals surface area contributed by atoms with Crippen molar-refractivity contribution < 1.29 is 48.8 Å². The Labute approximate surface area is 224 Å². The van der Waals surface area contributed by atoms with E-state index in [9.17, 15) is 44.1 Å². The molecule has 0 fully saturated rings. The summed E-state index contributed by atoms with van der Waals surface area (Å²) in [6.45, 7) is 2.22. The molecule has 0 amide bonds. The Hall–Kier alpha value is -1.04. The predicted molar refractivity (Wildman–Crippen MR) is 134 cm³/mol. The molecule has 38 heavy (non-hydrogen) atoms. The Morgan fingerprint density at radius 3 is 1.16 bits per heavy atom. The number of carbonyl (C=O) groups is 1. The lowest BCUT2D eigenvalue weighted by atomic mass is 10.0. The van der Waals surface area contributed by atoms with Crippen LogP contribution in [-0.2, 0) is 19.6 Å². The molecule has 228 valence electrons. The third kappa shape index (κ3) is 16.8. The van der Waals surface area contributed by atoms with Crippen molar-refractivity contribution in [3.05, 3.63) is 0 Å². The molecule has 5 nitrogen and oxygen atoms in total. The number of ether oxygens (including phenoxy) is 1. The van der Waals surface area contributed by atoms with Crippen molar-refractivity contribution in [1.29, 1.82) is 0 Å². The highest BCUT2D eigenvalue weighted by Crippen LogP contribution is 2.47. The van der Waals surface area contributed by atoms with Crippen LogP contribution < -0.4 is 0 Å². The molecule has 0 aliphatic carbocycles. The van der Waals surface area contributed by atoms with Gasteiger partial charge in [-0.25, -0.2) is 8.42 Å². The molecule has 0 heterocycles. The normalized spacial score (nSPS) is 13.2. The number of carbonyl (C=O) groups excluding carboxylic acids is 1. The quantitative estimate of drug-likeness (QED) is 0.0520. The molecule has 0 atom stereocenters. The highest BCUT2D eigenvalue weighted by atomic mass is 32.2. The van der Waals surface area contributed by atoms with E-state index in [2.05, 4.69) is 11.7 Å². The van der Waals surface area contributed by atoms with Crippen molar-refractivity contribution in [2.75, 3.05) is 5.75 Å². The average molecular weight is 584 g/mol. The number of halogens is 6. The molecule has 0 aromatic heterocycles. The van der Waals surface area contributed by atoms with Crippen LogP contribution in [-0.4, -0.2) is 42.6 Å². The average Bonchev–Trinajstić information content (AvgIpc) is 2.77. The first kappa shape index (κ1) is 37.0. The van der Waals surface area contributed by atoms with Crippen LogP contribution in [0, 0.1) is 0 Å². The van der Waals surface area contributed by atoms with Crippen molar-refractivity contribution in [2.24, 2.45) is 0 Å². The molecule has 0 bridgehead atoms. The van der Waals surface area contributed by atoms with E-state index in [0.717, 1.165) is 25.7 Å². The Morgan fingerprint density at radius 1 is 0.605 bits per heavy atom. The van der Waals surface area contributed by atoms with Crippen LogP contribution in [0.1, 0.15) is 135 Å². The van der Waals surface area contributed by atoms with Crippen LogP contribution in [0.5, 0.6) is 0 Å². The molecule has 0 radical (unpaired) electrons. The Bertz CT molecular complexity index is 709. The first-order valence-corrected chi connectivity index (χ1v) is 15.5. The highest BCUT2D eigenvalue weighted by molar-refractivity contribution is 7.85. The molecular formula is C26H45F6O5S-. The fourth-order valence-electron chi connectivity index (χ4n) is 4.31. The van der Waals surface area contributed by atoms with Gasteiger partial charge in [-0.3, -0.25) is 4.79 Å². The fraction of sp³-hybridized carbons (Fsp3) is 0.962. The minimum atomic E-state index is -6.33. The van der Waals surface area contributed by atoms with Gasteiger partial charge in [-0.05, 0) is 6.42 Å². The molecule has 0 aromatic carbocycles. The van der Waals surface area contributed by atoms with Gasteiger partial charge >= 0.3 is 23.9 Å². The van der Waals surface area contributed by atoms with Gasteiger partial charge in [0.15, 0.2) is 0 Å². The number of hydrogen-bond acceptors (Lipinski definition) is 5. The zero-order valence-corrected chi connectivity index (χ0v) is 23.4. The molecule has 0 unspecified atom stereocenters. The topological polar surface area (TPSA) is 83.5 Å². The van der Waals surface area contributed by atoms with Crippen LogP contribution in [0.25, 0.3) is 0 Å². The van der Waals surface area contributed by atoms with Crippen LogP contribution in [0.3, 0.4) is 0 Å². The molecule has 0 aliphatic rings. The lowest BCUT2D eigenvalue weighted by Crippen LogP contribution is -2.63. The summed E-state index contributed by atoms with van der Waals surface area (Å²) in [6.07, 6.45) is 7.10. The lowest BCUT2D eigenvalue weighted by molar-refractivity contribution is -0.361. The van der Waals surface area contributed by atoms with Gasteiger partial charge in [0, 0.05) is 6.42 Å². The molecular weight excluding hydrogens is 538 g/mol. The maximum absolute atomic E-state index is 13.1. The minimum Gasteiger partial charge on any atom is -0.748 e. The van der Waals surface area contributed by atoms with E-state index in [0.29, 0.717) is 12.8 Å². The van der Waals surface area contributed by atoms with Crippen molar-refractivity contribution in [3.8, 4) is 0 Å². The number of hydrogen-bond donors (Lipinski definition) is 0. The molecule has 0 aromatic rings. The van der Waals surface area contributed by atoms with Crippen LogP contribution in [0.4, 0.5) is 26.3 Å². The molecule has 0 N–H and O–H groups in total. The number of esters is 1. The van der Waals surface area contributed by atoms with Gasteiger partial charge < -0.3 is 9.29 Å². The zero-order valence-electron chi connectivity index (χ0n) is 22.6. The molecule has 0 aliphatic heterocycles. The number of rotatable bonds is 23. The Balaban J connectivity index is 3.94. The highest BCUT2D eigenvalue weighted by Gasteiger charge is 2.75. The summed E-state index contributed by atoms with van der Waals surface area (Å²) in [6, 6.07) is 0. The van der Waals surface area contributed by atoms with Crippen LogP contribution in [0.15, 0.2) is 0 Å². The SMILES string of the molecule is CCCCCCCCCCCCCCCCCCCCCC(=O)OC(CS(=O)(=O)[O-])(C(F)(F)F)C(F)(F)F. The maximum Gasteiger partial charge on any atom is 0.438 e. The van der Waals surface area contributed by atoms with Gasteiger partial charge in [-0.2, -0.15) is 26.3 Å². The Kier molecular flexibility index (Phi) is 18.6. The van der Waals surface area contributed by atoms with Gasteiger partial charge in [-0.15, -0.1) is 0 Å². The summed E-state index contributed by atoms with van der Waals surface area (Å²) < 4.78 is 115. The van der Waals surface area contributed by atoms with Gasteiger partial charge in [-0.1, -0.05) is 122 Å². The summed E-state index contributed by atoms with van der Waals surface area (Å²) in [5, 5.41) is 0. The zero-order chi connectivity index (χ0) is 29.1. The second-order valence-electron chi connectivity index (χ2n) is 10.1. The third-order valence-corrected chi connectivity index (χ3v) is 7.33. The molecule has 0 saturated carbocycles. The third-order valence-electron chi connectivity index (χ3n) is 6.57. The van der Waals surface area contributed by atoms with Crippen LogP contribution in [0.2, 0.25) is 0 Å². The molecule has 0 rings (SSSR count). The van der Waals surface area contributed by atoms with Crippen molar-refractivity contribution in [1.82, 2.24) is 0 Å². The summed E-state index contributed by atoms with van der Waals surface area (Å²) in [7, 11) is -6.02. The summed E-state index contributed by atoms with van der Waals surface area (Å²) in [4.78, 5) is 11.7. The lowest BCUT2D eigenvalue weighted by Gasteiger charge is -2.36. The first-order chi connectivity index (χ1) is 17.7. The molecule has 0 saturated heterocycles. The molecule has 0 spiro atoms. The largest absolute Gasteiger partial charge is 0.748 e. The van der Waals surface area contributed by atoms with E-state index < -0.39 is 46.2 Å². The standard InChI is InChI=1S/C26H46F6O5S/c1-2-3-4-5-6-7-8-9-10-11-12-13-14-15-16-17-18-19-20-21-23(33)37-24(25(27,28)29,26(30,31)32)22-38(34,35)36/h2-22H2,1H3,(H,34,35,36)/p-1. The smallest absolute Gasteiger partial charge is 0.438 e.